The molecule has 2 aliphatic carbocycles. The number of rotatable bonds is 8. The number of aryl methyl sites for hydroxylation is 1. The fraction of sp³-hybridized carbons (Fsp3) is 0.406. The van der Waals surface area contributed by atoms with E-state index in [2.05, 4.69) is 25.6 Å². The number of nitrogens with one attached hydrogen (secondary N) is 1. The molecule has 0 radical (unpaired) electrons. The van der Waals surface area contributed by atoms with Crippen molar-refractivity contribution in [3.05, 3.63) is 83.3 Å². The molecule has 50 heavy (non-hydrogen) atoms. The van der Waals surface area contributed by atoms with Gasteiger partial charge >= 0.3 is 5.69 Å². The summed E-state index contributed by atoms with van der Waals surface area (Å²) in [5.41, 5.74) is -1.47. The number of benzene rings is 2. The second kappa shape index (κ2) is 14.5. The molecule has 2 aromatic carbocycles. The highest BCUT2D eigenvalue weighted by Gasteiger charge is 2.29. The van der Waals surface area contributed by atoms with Gasteiger partial charge in [-0.3, -0.25) is 28.4 Å². The Balaban J connectivity index is 1.31. The quantitative estimate of drug-likeness (QED) is 0.120. The molecule has 0 saturated heterocycles. The van der Waals surface area contributed by atoms with Gasteiger partial charge in [0.25, 0.3) is 21.2 Å². The average Bonchev–Trinajstić information content (AvgIpc) is 3.38. The standard InChI is InChI=1S/C32H34Cl2N8O7S/c1-18-27(31(45)42(39-18)21-12-14-22(15-13-21)50(47,48)49)37-35-25-16-24(34)26(17-23(25)33)36-38-28-29(43)40(19-8-4-2-5-9-19)32(46)41(30(28)44)20-10-6-3-7-11-20/h12-17,19-20,39,43H,2-11H2,1H3,(H,47,48,49). The van der Waals surface area contributed by atoms with Gasteiger partial charge < -0.3 is 5.11 Å². The second-order valence-corrected chi connectivity index (χ2v) is 14.7. The molecule has 2 aromatic heterocycles. The summed E-state index contributed by atoms with van der Waals surface area (Å²) >= 11 is 13.0. The van der Waals surface area contributed by atoms with Crippen LogP contribution in [0.5, 0.6) is 5.88 Å². The lowest BCUT2D eigenvalue weighted by molar-refractivity contribution is 0.272. The van der Waals surface area contributed by atoms with Crippen LogP contribution in [0.1, 0.15) is 82.0 Å². The second-order valence-electron chi connectivity index (χ2n) is 12.4. The van der Waals surface area contributed by atoms with E-state index in [1.165, 1.54) is 33.4 Å². The molecule has 2 aliphatic rings. The van der Waals surface area contributed by atoms with Gasteiger partial charge in [0.15, 0.2) is 5.69 Å². The highest BCUT2D eigenvalue weighted by atomic mass is 35.5. The lowest BCUT2D eigenvalue weighted by Crippen LogP contribution is -2.43. The van der Waals surface area contributed by atoms with Gasteiger partial charge in [-0.05, 0) is 69.0 Å². The van der Waals surface area contributed by atoms with Gasteiger partial charge in [-0.1, -0.05) is 61.7 Å². The zero-order valence-corrected chi connectivity index (χ0v) is 29.2. The monoisotopic (exact) mass is 744 g/mol. The van der Waals surface area contributed by atoms with Crippen LogP contribution >= 0.6 is 23.2 Å². The van der Waals surface area contributed by atoms with Gasteiger partial charge in [-0.2, -0.15) is 8.42 Å². The highest BCUT2D eigenvalue weighted by Crippen LogP contribution is 2.39. The Kier molecular flexibility index (Phi) is 10.3. The van der Waals surface area contributed by atoms with Crippen molar-refractivity contribution in [1.82, 2.24) is 18.9 Å². The third-order valence-corrected chi connectivity index (χ3v) is 10.6. The molecule has 4 aromatic rings. The van der Waals surface area contributed by atoms with E-state index in [9.17, 15) is 32.5 Å². The SMILES string of the molecule is Cc1[nH]n(-c2ccc(S(=O)(=O)O)cc2)c(=O)c1N=Nc1cc(Cl)c(N=Nc2c(O)n(C3CCCCC3)c(=O)n(C3CCCCC3)c2=O)cc1Cl. The van der Waals surface area contributed by atoms with Crippen LogP contribution in [0.3, 0.4) is 0 Å². The smallest absolute Gasteiger partial charge is 0.334 e. The van der Waals surface area contributed by atoms with Crippen molar-refractivity contribution >= 4 is 56.1 Å². The third-order valence-electron chi connectivity index (χ3n) is 9.12. The van der Waals surface area contributed by atoms with Crippen LogP contribution in [0, 0.1) is 6.92 Å². The molecule has 0 amide bonds. The molecule has 3 N–H and O–H groups in total. The number of halogens is 2. The number of nitrogens with zero attached hydrogens (tertiary/aromatic N) is 7. The van der Waals surface area contributed by atoms with Crippen LogP contribution in [0.2, 0.25) is 10.0 Å². The first-order chi connectivity index (χ1) is 23.8. The van der Waals surface area contributed by atoms with Crippen molar-refractivity contribution in [1.29, 1.82) is 0 Å². The Hall–Kier alpha value is -4.38. The van der Waals surface area contributed by atoms with E-state index in [-0.39, 0.29) is 55.5 Å². The molecular weight excluding hydrogens is 711 g/mol. The summed E-state index contributed by atoms with van der Waals surface area (Å²) in [6, 6.07) is 7.10. The van der Waals surface area contributed by atoms with Gasteiger partial charge in [0, 0.05) is 12.1 Å². The summed E-state index contributed by atoms with van der Waals surface area (Å²) in [5, 5.41) is 30.6. The summed E-state index contributed by atoms with van der Waals surface area (Å²) in [6.45, 7) is 1.59. The van der Waals surface area contributed by atoms with Crippen molar-refractivity contribution in [3.8, 4) is 11.6 Å². The van der Waals surface area contributed by atoms with Crippen LogP contribution in [0.4, 0.5) is 22.7 Å². The first-order valence-corrected chi connectivity index (χ1v) is 18.4. The molecule has 6 rings (SSSR count). The number of aromatic amines is 1. The molecule has 0 bridgehead atoms. The average molecular weight is 746 g/mol. The van der Waals surface area contributed by atoms with Crippen LogP contribution in [0.25, 0.3) is 5.69 Å². The number of hydrogen-bond acceptors (Lipinski definition) is 10. The Morgan fingerprint density at radius 2 is 1.24 bits per heavy atom. The zero-order chi connectivity index (χ0) is 35.7. The third kappa shape index (κ3) is 7.10. The minimum Gasteiger partial charge on any atom is -0.493 e. The normalized spacial score (nSPS) is 16.6. The maximum absolute atomic E-state index is 13.7. The molecule has 15 nitrogen and oxygen atoms in total. The number of H-pyrrole nitrogens is 1. The number of aromatic nitrogens is 4. The molecule has 2 heterocycles. The molecule has 2 fully saturated rings. The van der Waals surface area contributed by atoms with E-state index in [4.69, 9.17) is 23.2 Å². The first kappa shape index (κ1) is 35.4. The van der Waals surface area contributed by atoms with Crippen LogP contribution in [-0.4, -0.2) is 37.0 Å². The molecule has 0 unspecified atom stereocenters. The van der Waals surface area contributed by atoms with Gasteiger partial charge in [-0.25, -0.2) is 9.48 Å². The number of aromatic hydroxyl groups is 1. The van der Waals surface area contributed by atoms with Crippen molar-refractivity contribution in [2.45, 2.75) is 88.1 Å². The predicted octanol–water partition coefficient (Wildman–Crippen LogP) is 7.90. The Morgan fingerprint density at radius 1 is 0.740 bits per heavy atom. The molecule has 2 saturated carbocycles. The first-order valence-electron chi connectivity index (χ1n) is 16.2. The molecular formula is C32H34Cl2N8O7S. The van der Waals surface area contributed by atoms with Gasteiger partial charge in [0.2, 0.25) is 11.6 Å². The van der Waals surface area contributed by atoms with E-state index in [0.29, 0.717) is 31.4 Å². The maximum Gasteiger partial charge on any atom is 0.334 e. The summed E-state index contributed by atoms with van der Waals surface area (Å²) in [4.78, 5) is 40.1. The molecule has 0 atom stereocenters. The fourth-order valence-electron chi connectivity index (χ4n) is 6.53. The minimum atomic E-state index is -4.41. The van der Waals surface area contributed by atoms with Gasteiger partial charge in [0.1, 0.15) is 11.4 Å². The highest BCUT2D eigenvalue weighted by molar-refractivity contribution is 7.85. The minimum absolute atomic E-state index is 0.0296. The Labute approximate surface area is 295 Å². The van der Waals surface area contributed by atoms with Crippen molar-refractivity contribution < 1.29 is 18.1 Å². The Morgan fingerprint density at radius 3 is 1.76 bits per heavy atom. The molecule has 0 aliphatic heterocycles. The zero-order valence-electron chi connectivity index (χ0n) is 26.9. The van der Waals surface area contributed by atoms with Crippen LogP contribution in [-0.2, 0) is 10.1 Å². The lowest BCUT2D eigenvalue weighted by Gasteiger charge is -2.28. The van der Waals surface area contributed by atoms with Crippen LogP contribution < -0.4 is 16.8 Å². The van der Waals surface area contributed by atoms with Crippen LogP contribution in [0.15, 0.2) is 76.1 Å². The van der Waals surface area contributed by atoms with E-state index in [1.54, 1.807) is 6.92 Å². The summed E-state index contributed by atoms with van der Waals surface area (Å²) in [5.74, 6) is -0.530. The molecule has 0 spiro atoms. The number of azo groups is 2. The number of hydrogen-bond donors (Lipinski definition) is 3. The summed E-state index contributed by atoms with van der Waals surface area (Å²) in [7, 11) is -4.41. The maximum atomic E-state index is 13.7. The molecule has 18 heteroatoms. The van der Waals surface area contributed by atoms with Crippen molar-refractivity contribution in [3.63, 3.8) is 0 Å². The summed E-state index contributed by atoms with van der Waals surface area (Å²) in [6.07, 6.45) is 8.41. The largest absolute Gasteiger partial charge is 0.493 e. The van der Waals surface area contributed by atoms with Gasteiger partial charge in [0.05, 0.1) is 26.3 Å². The Bertz CT molecular complexity index is 2280. The van der Waals surface area contributed by atoms with Gasteiger partial charge in [-0.15, -0.1) is 20.5 Å². The molecule has 264 valence electrons. The summed E-state index contributed by atoms with van der Waals surface area (Å²) < 4.78 is 35.6. The topological polar surface area (TPSA) is 206 Å². The fourth-order valence-corrected chi connectivity index (χ4v) is 7.40. The van der Waals surface area contributed by atoms with Crippen molar-refractivity contribution in [2.24, 2.45) is 20.5 Å². The van der Waals surface area contributed by atoms with E-state index >= 15 is 0 Å². The van der Waals surface area contributed by atoms with E-state index in [0.717, 1.165) is 55.3 Å². The predicted molar refractivity (Wildman–Crippen MR) is 187 cm³/mol. The van der Waals surface area contributed by atoms with Crippen molar-refractivity contribution in [2.75, 3.05) is 0 Å². The van der Waals surface area contributed by atoms with E-state index < -0.39 is 32.8 Å². The lowest BCUT2D eigenvalue weighted by atomic mass is 9.94. The van der Waals surface area contributed by atoms with E-state index in [1.807, 2.05) is 0 Å².